The van der Waals surface area contributed by atoms with Gasteiger partial charge in [0, 0.05) is 31.0 Å². The van der Waals surface area contributed by atoms with Gasteiger partial charge in [0.15, 0.2) is 0 Å². The summed E-state index contributed by atoms with van der Waals surface area (Å²) >= 11 is 0. The third-order valence-electron chi connectivity index (χ3n) is 2.67. The second kappa shape index (κ2) is 5.41. The summed E-state index contributed by atoms with van der Waals surface area (Å²) in [6, 6.07) is 6.68. The molecule has 1 heterocycles. The molecule has 0 aliphatic rings. The van der Waals surface area contributed by atoms with Crippen molar-refractivity contribution in [2.75, 3.05) is 12.4 Å². The molecule has 0 fully saturated rings. The number of sulfonamides is 1. The number of hydrogen-bond acceptors (Lipinski definition) is 4. The van der Waals surface area contributed by atoms with Crippen LogP contribution in [0.4, 0.5) is 5.69 Å². The maximum Gasteiger partial charge on any atom is 0.240 e. The van der Waals surface area contributed by atoms with Crippen molar-refractivity contribution in [2.24, 2.45) is 7.05 Å². The van der Waals surface area contributed by atoms with Gasteiger partial charge in [-0.1, -0.05) is 6.07 Å². The van der Waals surface area contributed by atoms with Crippen LogP contribution in [0.5, 0.6) is 0 Å². The molecule has 0 aliphatic carbocycles. The molecule has 0 saturated heterocycles. The van der Waals surface area contributed by atoms with E-state index in [-0.39, 0.29) is 4.90 Å². The fourth-order valence-corrected chi connectivity index (χ4v) is 2.43. The highest BCUT2D eigenvalue weighted by molar-refractivity contribution is 7.89. The number of nitrogens with zero attached hydrogens (tertiary/aromatic N) is 2. The van der Waals surface area contributed by atoms with Crippen molar-refractivity contribution >= 4 is 15.7 Å². The second-order valence-corrected chi connectivity index (χ2v) is 6.00. The summed E-state index contributed by atoms with van der Waals surface area (Å²) in [5, 5.41) is 7.24. The molecular weight excluding hydrogens is 264 g/mol. The van der Waals surface area contributed by atoms with E-state index in [4.69, 9.17) is 0 Å². The standard InChI is InChI=1S/C12H16N4O2S/c1-13-19(17,18)12-5-3-4-11(6-12)14-7-10-8-15-16(2)9-10/h3-6,8-9,13-14H,7H2,1-2H3. The average Bonchev–Trinajstić information content (AvgIpc) is 2.82. The van der Waals surface area contributed by atoms with Crippen LogP contribution >= 0.6 is 0 Å². The third-order valence-corrected chi connectivity index (χ3v) is 4.08. The van der Waals surface area contributed by atoms with Gasteiger partial charge in [-0.15, -0.1) is 0 Å². The molecule has 102 valence electrons. The second-order valence-electron chi connectivity index (χ2n) is 4.11. The molecule has 0 radical (unpaired) electrons. The molecule has 0 atom stereocenters. The lowest BCUT2D eigenvalue weighted by molar-refractivity contribution is 0.588. The number of nitrogens with one attached hydrogen (secondary N) is 2. The van der Waals surface area contributed by atoms with Crippen LogP contribution < -0.4 is 10.0 Å². The molecule has 1 aromatic carbocycles. The van der Waals surface area contributed by atoms with Crippen molar-refractivity contribution in [3.63, 3.8) is 0 Å². The van der Waals surface area contributed by atoms with Crippen LogP contribution in [0.2, 0.25) is 0 Å². The van der Waals surface area contributed by atoms with E-state index in [0.29, 0.717) is 6.54 Å². The maximum atomic E-state index is 11.7. The lowest BCUT2D eigenvalue weighted by Gasteiger charge is -2.07. The van der Waals surface area contributed by atoms with E-state index in [0.717, 1.165) is 11.3 Å². The van der Waals surface area contributed by atoms with Gasteiger partial charge in [0.1, 0.15) is 0 Å². The zero-order valence-electron chi connectivity index (χ0n) is 10.8. The summed E-state index contributed by atoms with van der Waals surface area (Å²) in [5.74, 6) is 0. The van der Waals surface area contributed by atoms with Crippen LogP contribution in [0, 0.1) is 0 Å². The summed E-state index contributed by atoms with van der Waals surface area (Å²) in [4.78, 5) is 0.242. The summed E-state index contributed by atoms with van der Waals surface area (Å²) in [5.41, 5.74) is 1.78. The molecule has 0 spiro atoms. The van der Waals surface area contributed by atoms with E-state index < -0.39 is 10.0 Å². The Hall–Kier alpha value is -1.86. The van der Waals surface area contributed by atoms with Gasteiger partial charge in [-0.25, -0.2) is 13.1 Å². The first-order valence-electron chi connectivity index (χ1n) is 5.76. The van der Waals surface area contributed by atoms with Crippen molar-refractivity contribution < 1.29 is 8.42 Å². The summed E-state index contributed by atoms with van der Waals surface area (Å²) in [7, 11) is -0.161. The maximum absolute atomic E-state index is 11.7. The summed E-state index contributed by atoms with van der Waals surface area (Å²) in [6.45, 7) is 0.594. The van der Waals surface area contributed by atoms with Gasteiger partial charge in [0.05, 0.1) is 11.1 Å². The Morgan fingerprint density at radius 1 is 1.37 bits per heavy atom. The molecule has 6 nitrogen and oxygen atoms in total. The molecule has 0 saturated carbocycles. The van der Waals surface area contributed by atoms with Gasteiger partial charge in [0.2, 0.25) is 10.0 Å². The lowest BCUT2D eigenvalue weighted by atomic mass is 10.3. The molecule has 0 amide bonds. The van der Waals surface area contributed by atoms with Gasteiger partial charge < -0.3 is 5.32 Å². The Morgan fingerprint density at radius 3 is 2.79 bits per heavy atom. The number of anilines is 1. The van der Waals surface area contributed by atoms with Crippen LogP contribution in [0.25, 0.3) is 0 Å². The fraction of sp³-hybridized carbons (Fsp3) is 0.250. The molecular formula is C12H16N4O2S. The molecule has 19 heavy (non-hydrogen) atoms. The largest absolute Gasteiger partial charge is 0.381 e. The number of hydrogen-bond donors (Lipinski definition) is 2. The number of rotatable bonds is 5. The highest BCUT2D eigenvalue weighted by Crippen LogP contribution is 2.15. The topological polar surface area (TPSA) is 76.0 Å². The first kappa shape index (κ1) is 13.6. The minimum absolute atomic E-state index is 0.242. The van der Waals surface area contributed by atoms with Gasteiger partial charge in [0.25, 0.3) is 0 Å². The number of aromatic nitrogens is 2. The molecule has 2 N–H and O–H groups in total. The SMILES string of the molecule is CNS(=O)(=O)c1cccc(NCc2cnn(C)c2)c1. The normalized spacial score (nSPS) is 11.5. The van der Waals surface area contributed by atoms with Crippen molar-refractivity contribution in [1.29, 1.82) is 0 Å². The predicted octanol–water partition coefficient (Wildman–Crippen LogP) is 0.940. The molecule has 0 aliphatic heterocycles. The van der Waals surface area contributed by atoms with E-state index >= 15 is 0 Å². The zero-order chi connectivity index (χ0) is 13.9. The van der Waals surface area contributed by atoms with E-state index in [9.17, 15) is 8.42 Å². The Morgan fingerprint density at radius 2 is 2.16 bits per heavy atom. The Balaban J connectivity index is 2.11. The Bertz CT molecular complexity index is 664. The molecule has 2 aromatic rings. The van der Waals surface area contributed by atoms with Crippen LogP contribution in [0.15, 0.2) is 41.6 Å². The van der Waals surface area contributed by atoms with Crippen LogP contribution in [-0.2, 0) is 23.6 Å². The fourth-order valence-electron chi connectivity index (χ4n) is 1.66. The van der Waals surface area contributed by atoms with Crippen LogP contribution in [0.1, 0.15) is 5.56 Å². The Kier molecular flexibility index (Phi) is 3.87. The minimum Gasteiger partial charge on any atom is -0.381 e. The van der Waals surface area contributed by atoms with Gasteiger partial charge in [-0.05, 0) is 25.2 Å². The van der Waals surface area contributed by atoms with Crippen molar-refractivity contribution in [3.05, 3.63) is 42.2 Å². The van der Waals surface area contributed by atoms with Gasteiger partial charge in [-0.2, -0.15) is 5.10 Å². The van der Waals surface area contributed by atoms with Crippen molar-refractivity contribution in [2.45, 2.75) is 11.4 Å². The van der Waals surface area contributed by atoms with E-state index in [1.54, 1.807) is 29.1 Å². The first-order valence-corrected chi connectivity index (χ1v) is 7.24. The average molecular weight is 280 g/mol. The highest BCUT2D eigenvalue weighted by atomic mass is 32.2. The minimum atomic E-state index is -3.41. The number of aryl methyl sites for hydroxylation is 1. The molecule has 0 unspecified atom stereocenters. The highest BCUT2D eigenvalue weighted by Gasteiger charge is 2.11. The van der Waals surface area contributed by atoms with Crippen LogP contribution in [0.3, 0.4) is 0 Å². The molecule has 1 aromatic heterocycles. The molecule has 2 rings (SSSR count). The van der Waals surface area contributed by atoms with Gasteiger partial charge in [-0.3, -0.25) is 4.68 Å². The summed E-state index contributed by atoms with van der Waals surface area (Å²) in [6.07, 6.45) is 3.67. The van der Waals surface area contributed by atoms with Crippen LogP contribution in [-0.4, -0.2) is 25.2 Å². The zero-order valence-corrected chi connectivity index (χ0v) is 11.6. The quantitative estimate of drug-likeness (QED) is 0.854. The lowest BCUT2D eigenvalue weighted by Crippen LogP contribution is -2.18. The van der Waals surface area contributed by atoms with Crippen molar-refractivity contribution in [1.82, 2.24) is 14.5 Å². The first-order chi connectivity index (χ1) is 9.01. The molecule has 7 heteroatoms. The number of benzene rings is 1. The third kappa shape index (κ3) is 3.33. The molecule has 0 bridgehead atoms. The van der Waals surface area contributed by atoms with E-state index in [1.165, 1.54) is 7.05 Å². The Labute approximate surface area is 112 Å². The monoisotopic (exact) mass is 280 g/mol. The summed E-state index contributed by atoms with van der Waals surface area (Å²) < 4.78 is 27.4. The van der Waals surface area contributed by atoms with E-state index in [2.05, 4.69) is 15.1 Å². The van der Waals surface area contributed by atoms with Gasteiger partial charge >= 0.3 is 0 Å². The predicted molar refractivity (Wildman–Crippen MR) is 73.2 cm³/mol. The van der Waals surface area contributed by atoms with E-state index in [1.807, 2.05) is 19.3 Å². The smallest absolute Gasteiger partial charge is 0.240 e. The van der Waals surface area contributed by atoms with Crippen molar-refractivity contribution in [3.8, 4) is 0 Å².